The molecule has 0 spiro atoms. The van der Waals surface area contributed by atoms with Crippen LogP contribution in [0.25, 0.3) is 0 Å². The Morgan fingerprint density at radius 3 is 2.83 bits per heavy atom. The van der Waals surface area contributed by atoms with Gasteiger partial charge in [-0.05, 0) is 72.7 Å². The summed E-state index contributed by atoms with van der Waals surface area (Å²) < 4.78 is 16.2. The molecule has 1 atom stereocenters. The highest BCUT2D eigenvalue weighted by atomic mass is 32.2. The molecule has 10 heteroatoms. The second-order valence-electron chi connectivity index (χ2n) is 9.60. The van der Waals surface area contributed by atoms with Gasteiger partial charge in [0, 0.05) is 41.0 Å². The van der Waals surface area contributed by atoms with Crippen LogP contribution in [0.1, 0.15) is 47.9 Å². The average Bonchev–Trinajstić information content (AvgIpc) is 2.83. The lowest BCUT2D eigenvalue weighted by atomic mass is 9.77. The van der Waals surface area contributed by atoms with Crippen LogP contribution in [0, 0.1) is 11.3 Å². The highest BCUT2D eigenvalue weighted by molar-refractivity contribution is 7.92. The van der Waals surface area contributed by atoms with Gasteiger partial charge in [0.05, 0.1) is 6.20 Å². The fourth-order valence-electron chi connectivity index (χ4n) is 5.08. The van der Waals surface area contributed by atoms with Gasteiger partial charge in [-0.25, -0.2) is 14.2 Å². The van der Waals surface area contributed by atoms with Gasteiger partial charge in [0.2, 0.25) is 5.95 Å². The van der Waals surface area contributed by atoms with E-state index in [2.05, 4.69) is 60.0 Å². The number of aryl methyl sites for hydroxylation is 1. The van der Waals surface area contributed by atoms with Crippen molar-refractivity contribution in [1.82, 2.24) is 19.9 Å². The van der Waals surface area contributed by atoms with Gasteiger partial charge in [0.25, 0.3) is 0 Å². The van der Waals surface area contributed by atoms with Gasteiger partial charge >= 0.3 is 0 Å². The molecule has 2 aromatic heterocycles. The van der Waals surface area contributed by atoms with Crippen molar-refractivity contribution in [3.8, 4) is 6.07 Å². The number of benzene rings is 1. The fraction of sp³-hybridized carbons (Fsp3) is 0.385. The van der Waals surface area contributed by atoms with Gasteiger partial charge in [-0.3, -0.25) is 4.90 Å². The summed E-state index contributed by atoms with van der Waals surface area (Å²) in [6.45, 7) is 5.37. The molecule has 0 saturated heterocycles. The first kappa shape index (κ1) is 24.2. The van der Waals surface area contributed by atoms with E-state index >= 15 is 0 Å². The summed E-state index contributed by atoms with van der Waals surface area (Å²) in [4.78, 5) is 15.8. The number of nitriles is 1. The van der Waals surface area contributed by atoms with Crippen molar-refractivity contribution in [3.05, 3.63) is 58.8 Å². The second kappa shape index (κ2) is 9.84. The third-order valence-corrected chi connectivity index (χ3v) is 7.16. The third-order valence-electron chi connectivity index (χ3n) is 6.54. The van der Waals surface area contributed by atoms with Crippen LogP contribution in [0.4, 0.5) is 29.1 Å². The average molecular weight is 503 g/mol. The molecular weight excluding hydrogens is 472 g/mol. The first-order valence-electron chi connectivity index (χ1n) is 12.1. The maximum Gasteiger partial charge on any atom is 0.229 e. The summed E-state index contributed by atoms with van der Waals surface area (Å²) in [5.74, 6) is 2.15. The molecule has 3 aromatic rings. The lowest BCUT2D eigenvalue weighted by Crippen LogP contribution is -2.35. The third kappa shape index (κ3) is 5.32. The van der Waals surface area contributed by atoms with Crippen LogP contribution >= 0.6 is 0 Å². The molecule has 0 amide bonds. The Labute approximate surface area is 212 Å². The molecule has 2 N–H and O–H groups in total. The Morgan fingerprint density at radius 2 is 2.06 bits per heavy atom. The van der Waals surface area contributed by atoms with Gasteiger partial charge in [0.1, 0.15) is 17.5 Å². The molecule has 0 radical (unpaired) electrons. The lowest BCUT2D eigenvalue weighted by molar-refractivity contribution is 0.231. The Kier molecular flexibility index (Phi) is 6.60. The lowest BCUT2D eigenvalue weighted by Gasteiger charge is -2.38. The van der Waals surface area contributed by atoms with Crippen LogP contribution < -0.4 is 10.6 Å². The van der Waals surface area contributed by atoms with E-state index in [4.69, 9.17) is 0 Å². The summed E-state index contributed by atoms with van der Waals surface area (Å²) in [5, 5.41) is 16.0. The van der Waals surface area contributed by atoms with Gasteiger partial charge in [-0.15, -0.1) is 0 Å². The Hall–Kier alpha value is -3.55. The zero-order valence-electron chi connectivity index (χ0n) is 20.8. The quantitative estimate of drug-likeness (QED) is 0.491. The Balaban J connectivity index is 1.43. The standard InChI is InChI=1S/C26H30N8OS/c1-4-34-15-18-8-5-7-17-11-21(12-19(16-34)24(17)18)29-26-28-14-20(13-27)25(32-26)31-22-9-6-10-23(30-22)33-36(2,3)35/h6,9-12,14,18H,4-5,7-8,15-16H2,1-3H3,(H2,28,29,30,31,32)/t18-/m0/s1. The minimum absolute atomic E-state index is 0.293. The number of nitrogens with one attached hydrogen (secondary N) is 2. The minimum atomic E-state index is -2.34. The minimum Gasteiger partial charge on any atom is -0.324 e. The highest BCUT2D eigenvalue weighted by Gasteiger charge is 2.30. The first-order chi connectivity index (χ1) is 17.3. The normalized spacial score (nSPS) is 17.1. The number of likely N-dealkylation sites (N-methyl/N-ethyl adjacent to an activating group) is 1. The number of anilines is 4. The van der Waals surface area contributed by atoms with Crippen LogP contribution in [0.15, 0.2) is 40.9 Å². The first-order valence-corrected chi connectivity index (χ1v) is 14.5. The van der Waals surface area contributed by atoms with Crippen molar-refractivity contribution >= 4 is 38.8 Å². The summed E-state index contributed by atoms with van der Waals surface area (Å²) in [6, 6.07) is 11.8. The van der Waals surface area contributed by atoms with Crippen LogP contribution in [0.3, 0.4) is 0 Å². The zero-order chi connectivity index (χ0) is 25.3. The maximum absolute atomic E-state index is 12.0. The summed E-state index contributed by atoms with van der Waals surface area (Å²) >= 11 is 0. The number of aromatic nitrogens is 3. The molecule has 36 heavy (non-hydrogen) atoms. The molecule has 2 aliphatic rings. The molecule has 9 nitrogen and oxygen atoms in total. The Bertz CT molecular complexity index is 1460. The zero-order valence-corrected chi connectivity index (χ0v) is 21.6. The van der Waals surface area contributed by atoms with Crippen molar-refractivity contribution in [2.45, 2.75) is 38.6 Å². The van der Waals surface area contributed by atoms with Crippen molar-refractivity contribution in [1.29, 1.82) is 5.26 Å². The van der Waals surface area contributed by atoms with E-state index in [1.807, 2.05) is 0 Å². The maximum atomic E-state index is 12.0. The van der Waals surface area contributed by atoms with E-state index in [0.29, 0.717) is 34.9 Å². The predicted molar refractivity (Wildman–Crippen MR) is 143 cm³/mol. The van der Waals surface area contributed by atoms with Crippen molar-refractivity contribution < 1.29 is 4.21 Å². The van der Waals surface area contributed by atoms with E-state index < -0.39 is 9.73 Å². The molecule has 1 aliphatic heterocycles. The SMILES string of the molecule is CCN1Cc2cc(Nc3ncc(C#N)c(Nc4cccc(N=S(C)(C)=O)n4)n3)cc3c2[C@@H](CCC3)C1. The fourth-order valence-corrected chi connectivity index (χ4v) is 5.63. The molecule has 1 aromatic carbocycles. The predicted octanol–water partition coefficient (Wildman–Crippen LogP) is 4.84. The van der Waals surface area contributed by atoms with E-state index in [1.165, 1.54) is 30.2 Å². The van der Waals surface area contributed by atoms with Crippen molar-refractivity contribution in [2.24, 2.45) is 4.36 Å². The smallest absolute Gasteiger partial charge is 0.229 e. The summed E-state index contributed by atoms with van der Waals surface area (Å²) in [6.07, 6.45) is 8.17. The van der Waals surface area contributed by atoms with Crippen molar-refractivity contribution in [3.63, 3.8) is 0 Å². The highest BCUT2D eigenvalue weighted by Crippen LogP contribution is 2.40. The molecule has 0 fully saturated rings. The number of rotatable bonds is 6. The van der Waals surface area contributed by atoms with Crippen LogP contribution in [-0.4, -0.2) is 49.7 Å². The summed E-state index contributed by atoms with van der Waals surface area (Å²) in [5.41, 5.74) is 5.59. The molecule has 5 rings (SSSR count). The van der Waals surface area contributed by atoms with E-state index in [1.54, 1.807) is 36.3 Å². The number of hydrogen-bond acceptors (Lipinski definition) is 9. The monoisotopic (exact) mass is 502 g/mol. The number of nitrogens with zero attached hydrogens (tertiary/aromatic N) is 6. The van der Waals surface area contributed by atoms with Gasteiger partial charge in [-0.2, -0.15) is 14.6 Å². The molecular formula is C26H30N8OS. The van der Waals surface area contributed by atoms with Gasteiger partial charge in [-0.1, -0.05) is 13.0 Å². The number of hydrogen-bond donors (Lipinski definition) is 2. The molecule has 186 valence electrons. The number of pyridine rings is 1. The van der Waals surface area contributed by atoms with Crippen LogP contribution in [-0.2, 0) is 22.7 Å². The Morgan fingerprint density at radius 1 is 1.22 bits per heavy atom. The van der Waals surface area contributed by atoms with Crippen molar-refractivity contribution in [2.75, 3.05) is 36.2 Å². The van der Waals surface area contributed by atoms with Crippen LogP contribution in [0.5, 0.6) is 0 Å². The van der Waals surface area contributed by atoms with Crippen LogP contribution in [0.2, 0.25) is 0 Å². The molecule has 1 aliphatic carbocycles. The molecule has 0 bridgehead atoms. The summed E-state index contributed by atoms with van der Waals surface area (Å²) in [7, 11) is -2.34. The topological polar surface area (TPSA) is 119 Å². The largest absolute Gasteiger partial charge is 0.324 e. The molecule has 3 heterocycles. The second-order valence-corrected chi connectivity index (χ2v) is 12.1. The van der Waals surface area contributed by atoms with E-state index in [9.17, 15) is 9.47 Å². The van der Waals surface area contributed by atoms with Gasteiger partial charge in [0.15, 0.2) is 11.6 Å². The molecule has 0 unspecified atom stereocenters. The van der Waals surface area contributed by atoms with E-state index in [-0.39, 0.29) is 0 Å². The van der Waals surface area contributed by atoms with Gasteiger partial charge < -0.3 is 10.6 Å². The van der Waals surface area contributed by atoms with E-state index in [0.717, 1.165) is 31.7 Å². The molecule has 0 saturated carbocycles.